The fourth-order valence-electron chi connectivity index (χ4n) is 2.85. The molecule has 3 aromatic heterocycles. The van der Waals surface area contributed by atoms with E-state index in [1.165, 1.54) is 0 Å². The van der Waals surface area contributed by atoms with Crippen molar-refractivity contribution in [3.63, 3.8) is 0 Å². The lowest BCUT2D eigenvalue weighted by atomic mass is 10.3. The van der Waals surface area contributed by atoms with Crippen molar-refractivity contribution in [2.75, 3.05) is 31.1 Å². The molecule has 6 nitrogen and oxygen atoms in total. The molecule has 0 saturated carbocycles. The Morgan fingerprint density at radius 2 is 1.88 bits per heavy atom. The van der Waals surface area contributed by atoms with Crippen LogP contribution < -0.4 is 4.90 Å². The molecular formula is C15H15F3N6S. The Balaban J connectivity index is 1.37. The van der Waals surface area contributed by atoms with Gasteiger partial charge in [0.05, 0.1) is 5.69 Å². The van der Waals surface area contributed by atoms with Crippen LogP contribution in [0.2, 0.25) is 0 Å². The number of pyridine rings is 1. The molecule has 0 bridgehead atoms. The third-order valence-corrected chi connectivity index (χ3v) is 5.13. The average molecular weight is 368 g/mol. The summed E-state index contributed by atoms with van der Waals surface area (Å²) < 4.78 is 39.9. The van der Waals surface area contributed by atoms with E-state index >= 15 is 0 Å². The van der Waals surface area contributed by atoms with Gasteiger partial charge >= 0.3 is 6.18 Å². The van der Waals surface area contributed by atoms with E-state index < -0.39 is 11.2 Å². The molecule has 0 amide bonds. The number of rotatable bonds is 3. The number of nitrogens with zero attached hydrogens (tertiary/aromatic N) is 6. The predicted octanol–water partition coefficient (Wildman–Crippen LogP) is 2.53. The van der Waals surface area contributed by atoms with E-state index in [1.54, 1.807) is 0 Å². The SMILES string of the molecule is FC(F)(F)c1nnc(N2CCN(Cc3cn4ccccc4n3)CC2)s1. The number of piperazine rings is 1. The Morgan fingerprint density at radius 3 is 2.56 bits per heavy atom. The smallest absolute Gasteiger partial charge is 0.344 e. The van der Waals surface area contributed by atoms with Crippen LogP contribution in [-0.2, 0) is 12.7 Å². The first kappa shape index (κ1) is 16.3. The molecule has 0 N–H and O–H groups in total. The summed E-state index contributed by atoms with van der Waals surface area (Å²) in [6.07, 6.45) is -0.472. The van der Waals surface area contributed by atoms with Crippen molar-refractivity contribution < 1.29 is 13.2 Å². The molecule has 132 valence electrons. The van der Waals surface area contributed by atoms with Gasteiger partial charge in [-0.3, -0.25) is 4.90 Å². The van der Waals surface area contributed by atoms with Crippen LogP contribution >= 0.6 is 11.3 Å². The molecule has 10 heteroatoms. The number of alkyl halides is 3. The first-order valence-electron chi connectivity index (χ1n) is 7.80. The van der Waals surface area contributed by atoms with Gasteiger partial charge in [-0.2, -0.15) is 13.2 Å². The van der Waals surface area contributed by atoms with Crippen LogP contribution in [0.25, 0.3) is 5.65 Å². The van der Waals surface area contributed by atoms with Crippen LogP contribution in [-0.4, -0.2) is 50.7 Å². The van der Waals surface area contributed by atoms with E-state index in [9.17, 15) is 13.2 Å². The first-order valence-corrected chi connectivity index (χ1v) is 8.61. The van der Waals surface area contributed by atoms with Crippen molar-refractivity contribution in [2.24, 2.45) is 0 Å². The van der Waals surface area contributed by atoms with E-state index in [2.05, 4.69) is 20.1 Å². The highest BCUT2D eigenvalue weighted by Crippen LogP contribution is 2.34. The molecule has 1 aliphatic rings. The van der Waals surface area contributed by atoms with E-state index in [-0.39, 0.29) is 0 Å². The third kappa shape index (κ3) is 3.45. The predicted molar refractivity (Wildman–Crippen MR) is 87.6 cm³/mol. The zero-order chi connectivity index (χ0) is 17.4. The van der Waals surface area contributed by atoms with Gasteiger partial charge in [-0.1, -0.05) is 17.4 Å². The maximum absolute atomic E-state index is 12.6. The lowest BCUT2D eigenvalue weighted by Crippen LogP contribution is -2.46. The molecule has 1 aliphatic heterocycles. The summed E-state index contributed by atoms with van der Waals surface area (Å²) in [6, 6.07) is 5.85. The van der Waals surface area contributed by atoms with Gasteiger partial charge in [0, 0.05) is 45.1 Å². The van der Waals surface area contributed by atoms with Crippen molar-refractivity contribution in [3.8, 4) is 0 Å². The number of hydrogen-bond acceptors (Lipinski definition) is 6. The Morgan fingerprint density at radius 1 is 1.08 bits per heavy atom. The van der Waals surface area contributed by atoms with Gasteiger partial charge in [0.2, 0.25) is 10.1 Å². The van der Waals surface area contributed by atoms with Crippen LogP contribution in [0.3, 0.4) is 0 Å². The maximum Gasteiger partial charge on any atom is 0.445 e. The topological polar surface area (TPSA) is 49.6 Å². The van der Waals surface area contributed by atoms with Crippen LogP contribution in [0.5, 0.6) is 0 Å². The summed E-state index contributed by atoms with van der Waals surface area (Å²) in [6.45, 7) is 3.46. The number of imidazole rings is 1. The van der Waals surface area contributed by atoms with Gasteiger partial charge in [0.1, 0.15) is 5.65 Å². The van der Waals surface area contributed by atoms with Crippen molar-refractivity contribution in [3.05, 3.63) is 41.3 Å². The minimum absolute atomic E-state index is 0.333. The van der Waals surface area contributed by atoms with Crippen molar-refractivity contribution in [2.45, 2.75) is 12.7 Å². The minimum atomic E-state index is -4.43. The summed E-state index contributed by atoms with van der Waals surface area (Å²) in [7, 11) is 0. The van der Waals surface area contributed by atoms with E-state index in [0.29, 0.717) is 29.6 Å². The fourth-order valence-corrected chi connectivity index (χ4v) is 3.61. The Bertz CT molecular complexity index is 832. The number of anilines is 1. The van der Waals surface area contributed by atoms with Gasteiger partial charge in [0.25, 0.3) is 0 Å². The van der Waals surface area contributed by atoms with Crippen LogP contribution in [0, 0.1) is 0 Å². The van der Waals surface area contributed by atoms with Gasteiger partial charge in [-0.15, -0.1) is 10.2 Å². The summed E-state index contributed by atoms with van der Waals surface area (Å²) >= 11 is 0.599. The first-order chi connectivity index (χ1) is 12.0. The molecule has 0 spiro atoms. The van der Waals surface area contributed by atoms with E-state index in [0.717, 1.165) is 31.0 Å². The highest BCUT2D eigenvalue weighted by molar-refractivity contribution is 7.15. The normalized spacial score (nSPS) is 16.7. The monoisotopic (exact) mass is 368 g/mol. The zero-order valence-electron chi connectivity index (χ0n) is 13.1. The van der Waals surface area contributed by atoms with Crippen molar-refractivity contribution in [1.82, 2.24) is 24.5 Å². The Kier molecular flexibility index (Phi) is 4.08. The number of aromatic nitrogens is 4. The van der Waals surface area contributed by atoms with Crippen LogP contribution in [0.1, 0.15) is 10.7 Å². The second kappa shape index (κ2) is 6.26. The Hall–Kier alpha value is -2.20. The van der Waals surface area contributed by atoms with Crippen LogP contribution in [0.4, 0.5) is 18.3 Å². The quantitative estimate of drug-likeness (QED) is 0.711. The highest BCUT2D eigenvalue weighted by Gasteiger charge is 2.36. The molecule has 1 saturated heterocycles. The molecule has 0 unspecified atom stereocenters. The molecule has 0 atom stereocenters. The van der Waals surface area contributed by atoms with E-state index in [4.69, 9.17) is 0 Å². The molecule has 0 aliphatic carbocycles. The summed E-state index contributed by atoms with van der Waals surface area (Å²) in [4.78, 5) is 8.67. The molecule has 4 heterocycles. The van der Waals surface area contributed by atoms with Crippen molar-refractivity contribution >= 4 is 22.1 Å². The molecule has 3 aromatic rings. The third-order valence-electron chi connectivity index (χ3n) is 4.10. The number of fused-ring (bicyclic) bond motifs is 1. The van der Waals surface area contributed by atoms with Crippen molar-refractivity contribution in [1.29, 1.82) is 0 Å². The van der Waals surface area contributed by atoms with E-state index in [1.807, 2.05) is 39.9 Å². The molecule has 0 aromatic carbocycles. The lowest BCUT2D eigenvalue weighted by Gasteiger charge is -2.33. The average Bonchev–Trinajstić information content (AvgIpc) is 3.21. The molecular weight excluding hydrogens is 353 g/mol. The second-order valence-corrected chi connectivity index (χ2v) is 6.81. The molecule has 4 rings (SSSR count). The number of hydrogen-bond donors (Lipinski definition) is 0. The van der Waals surface area contributed by atoms with Crippen LogP contribution in [0.15, 0.2) is 30.6 Å². The van der Waals surface area contributed by atoms with Gasteiger partial charge < -0.3 is 9.30 Å². The summed E-state index contributed by atoms with van der Waals surface area (Å²) in [5.41, 5.74) is 1.89. The minimum Gasteiger partial charge on any atom is -0.344 e. The fraction of sp³-hybridized carbons (Fsp3) is 0.400. The van der Waals surface area contributed by atoms with Gasteiger partial charge in [0.15, 0.2) is 0 Å². The highest BCUT2D eigenvalue weighted by atomic mass is 32.1. The zero-order valence-corrected chi connectivity index (χ0v) is 14.0. The summed E-state index contributed by atoms with van der Waals surface area (Å²) in [5.74, 6) is 0. The largest absolute Gasteiger partial charge is 0.445 e. The standard InChI is InChI=1S/C15H15F3N6S/c16-15(17,18)13-20-21-14(25-13)23-7-5-22(6-8-23)9-11-10-24-4-2-1-3-12(24)19-11/h1-4,10H,5-9H2. The molecule has 25 heavy (non-hydrogen) atoms. The molecule has 0 radical (unpaired) electrons. The Labute approximate surface area is 145 Å². The molecule has 1 fully saturated rings. The van der Waals surface area contributed by atoms with Gasteiger partial charge in [-0.25, -0.2) is 4.98 Å². The second-order valence-electron chi connectivity index (χ2n) is 5.85. The summed E-state index contributed by atoms with van der Waals surface area (Å²) in [5, 5.41) is 6.37. The lowest BCUT2D eigenvalue weighted by molar-refractivity contribution is -0.138. The maximum atomic E-state index is 12.6. The van der Waals surface area contributed by atoms with Gasteiger partial charge in [-0.05, 0) is 12.1 Å². The number of halogens is 3.